The van der Waals surface area contributed by atoms with E-state index in [4.69, 9.17) is 4.42 Å². The standard InChI is InChI=1S/C15H11F2N3O2S/c1-8(11-6-3-7-23-11)18-13(21)15-20-19-14(22-15)12-9(16)4-2-5-10(12)17/h2-8H,1H3,(H,18,21)/t8-/m0/s1. The topological polar surface area (TPSA) is 68.0 Å². The van der Waals surface area contributed by atoms with Crippen molar-refractivity contribution in [3.8, 4) is 11.5 Å². The number of aromatic nitrogens is 2. The van der Waals surface area contributed by atoms with Gasteiger partial charge < -0.3 is 9.73 Å². The lowest BCUT2D eigenvalue weighted by Gasteiger charge is -2.09. The van der Waals surface area contributed by atoms with Crippen LogP contribution in [0.15, 0.2) is 40.1 Å². The van der Waals surface area contributed by atoms with Crippen molar-refractivity contribution in [2.24, 2.45) is 0 Å². The van der Waals surface area contributed by atoms with Gasteiger partial charge in [-0.05, 0) is 30.5 Å². The molecule has 0 bridgehead atoms. The molecule has 0 saturated carbocycles. The molecule has 0 aliphatic rings. The average Bonchev–Trinajstić information content (AvgIpc) is 3.19. The molecule has 1 N–H and O–H groups in total. The lowest BCUT2D eigenvalue weighted by atomic mass is 10.2. The second-order valence-electron chi connectivity index (χ2n) is 4.72. The fourth-order valence-corrected chi connectivity index (χ4v) is 2.72. The van der Waals surface area contributed by atoms with Gasteiger partial charge in [0.05, 0.1) is 6.04 Å². The molecule has 1 atom stereocenters. The lowest BCUT2D eigenvalue weighted by molar-refractivity contribution is 0.0906. The number of nitrogens with zero attached hydrogens (tertiary/aromatic N) is 2. The highest BCUT2D eigenvalue weighted by molar-refractivity contribution is 7.10. The van der Waals surface area contributed by atoms with Crippen molar-refractivity contribution >= 4 is 17.2 Å². The molecule has 0 radical (unpaired) electrons. The van der Waals surface area contributed by atoms with E-state index in [1.807, 2.05) is 17.5 Å². The number of hydrogen-bond acceptors (Lipinski definition) is 5. The smallest absolute Gasteiger partial charge is 0.309 e. The summed E-state index contributed by atoms with van der Waals surface area (Å²) in [6.07, 6.45) is 0. The van der Waals surface area contributed by atoms with Crippen molar-refractivity contribution in [2.75, 3.05) is 0 Å². The van der Waals surface area contributed by atoms with Gasteiger partial charge in [0.15, 0.2) is 0 Å². The zero-order chi connectivity index (χ0) is 16.4. The van der Waals surface area contributed by atoms with Gasteiger partial charge in [-0.3, -0.25) is 4.79 Å². The Morgan fingerprint density at radius 3 is 2.61 bits per heavy atom. The Morgan fingerprint density at radius 1 is 1.22 bits per heavy atom. The van der Waals surface area contributed by atoms with Gasteiger partial charge in [0.25, 0.3) is 5.89 Å². The zero-order valence-electron chi connectivity index (χ0n) is 11.9. The second kappa shape index (κ2) is 6.25. The second-order valence-corrected chi connectivity index (χ2v) is 5.70. The Bertz CT molecular complexity index is 813. The van der Waals surface area contributed by atoms with E-state index >= 15 is 0 Å². The summed E-state index contributed by atoms with van der Waals surface area (Å²) >= 11 is 1.49. The highest BCUT2D eigenvalue weighted by Crippen LogP contribution is 2.25. The van der Waals surface area contributed by atoms with Crippen LogP contribution in [-0.2, 0) is 0 Å². The van der Waals surface area contributed by atoms with Crippen LogP contribution < -0.4 is 5.32 Å². The molecular formula is C15H11F2N3O2S. The Labute approximate surface area is 134 Å². The monoisotopic (exact) mass is 335 g/mol. The van der Waals surface area contributed by atoms with Crippen LogP contribution in [0.2, 0.25) is 0 Å². The largest absolute Gasteiger partial charge is 0.412 e. The maximum Gasteiger partial charge on any atom is 0.309 e. The van der Waals surface area contributed by atoms with Gasteiger partial charge in [-0.1, -0.05) is 12.1 Å². The fraction of sp³-hybridized carbons (Fsp3) is 0.133. The van der Waals surface area contributed by atoms with Crippen molar-refractivity contribution in [3.05, 3.63) is 58.1 Å². The minimum Gasteiger partial charge on any atom is -0.412 e. The minimum absolute atomic E-state index is 0.247. The molecular weight excluding hydrogens is 324 g/mol. The summed E-state index contributed by atoms with van der Waals surface area (Å²) in [5.41, 5.74) is -0.453. The summed E-state index contributed by atoms with van der Waals surface area (Å²) in [6, 6.07) is 6.87. The Kier molecular flexibility index (Phi) is 4.16. The van der Waals surface area contributed by atoms with E-state index in [9.17, 15) is 13.6 Å². The third-order valence-electron chi connectivity index (χ3n) is 3.11. The van der Waals surface area contributed by atoms with Gasteiger partial charge in [0.1, 0.15) is 17.2 Å². The van der Waals surface area contributed by atoms with Crippen LogP contribution in [-0.4, -0.2) is 16.1 Å². The quantitative estimate of drug-likeness (QED) is 0.791. The number of carbonyl (C=O) groups excluding carboxylic acids is 1. The molecule has 0 unspecified atom stereocenters. The van der Waals surface area contributed by atoms with E-state index in [-0.39, 0.29) is 17.8 Å². The van der Waals surface area contributed by atoms with Gasteiger partial charge >= 0.3 is 11.8 Å². The molecule has 3 rings (SSSR count). The number of halogens is 2. The van der Waals surface area contributed by atoms with Crippen LogP contribution in [0.1, 0.15) is 28.5 Å². The third-order valence-corrected chi connectivity index (χ3v) is 4.17. The first-order valence-corrected chi connectivity index (χ1v) is 7.56. The summed E-state index contributed by atoms with van der Waals surface area (Å²) in [5.74, 6) is -3.03. The van der Waals surface area contributed by atoms with Crippen molar-refractivity contribution in [2.45, 2.75) is 13.0 Å². The van der Waals surface area contributed by atoms with E-state index < -0.39 is 23.1 Å². The summed E-state index contributed by atoms with van der Waals surface area (Å²) in [4.78, 5) is 13.0. The molecule has 8 heteroatoms. The highest BCUT2D eigenvalue weighted by Gasteiger charge is 2.22. The number of thiophene rings is 1. The molecule has 3 aromatic rings. The summed E-state index contributed by atoms with van der Waals surface area (Å²) in [5, 5.41) is 11.7. The van der Waals surface area contributed by atoms with Crippen LogP contribution in [0.4, 0.5) is 8.78 Å². The summed E-state index contributed by atoms with van der Waals surface area (Å²) in [6.45, 7) is 1.80. The molecule has 2 aromatic heterocycles. The molecule has 118 valence electrons. The Balaban J connectivity index is 1.80. The predicted molar refractivity (Wildman–Crippen MR) is 79.9 cm³/mol. The molecule has 1 amide bonds. The van der Waals surface area contributed by atoms with E-state index in [1.54, 1.807) is 6.92 Å². The van der Waals surface area contributed by atoms with Gasteiger partial charge in [-0.15, -0.1) is 21.5 Å². The minimum atomic E-state index is -0.840. The molecule has 23 heavy (non-hydrogen) atoms. The van der Waals surface area contributed by atoms with E-state index in [2.05, 4.69) is 15.5 Å². The van der Waals surface area contributed by atoms with Crippen molar-refractivity contribution in [1.82, 2.24) is 15.5 Å². The van der Waals surface area contributed by atoms with E-state index in [0.717, 1.165) is 17.0 Å². The highest BCUT2D eigenvalue weighted by atomic mass is 32.1. The number of nitrogens with one attached hydrogen (secondary N) is 1. The van der Waals surface area contributed by atoms with Crippen LogP contribution in [0, 0.1) is 11.6 Å². The van der Waals surface area contributed by atoms with Gasteiger partial charge in [-0.2, -0.15) is 0 Å². The first-order valence-electron chi connectivity index (χ1n) is 6.68. The molecule has 5 nitrogen and oxygen atoms in total. The van der Waals surface area contributed by atoms with Crippen LogP contribution in [0.3, 0.4) is 0 Å². The average molecular weight is 335 g/mol. The molecule has 0 aliphatic heterocycles. The molecule has 2 heterocycles. The number of benzene rings is 1. The Hall–Kier alpha value is -2.61. The van der Waals surface area contributed by atoms with Crippen molar-refractivity contribution in [1.29, 1.82) is 0 Å². The van der Waals surface area contributed by atoms with E-state index in [1.165, 1.54) is 17.4 Å². The molecule has 0 saturated heterocycles. The number of rotatable bonds is 4. The SMILES string of the molecule is C[C@H](NC(=O)c1nnc(-c2c(F)cccc2F)o1)c1cccs1. The first-order chi connectivity index (χ1) is 11.1. The maximum atomic E-state index is 13.7. The summed E-state index contributed by atoms with van der Waals surface area (Å²) in [7, 11) is 0. The number of hydrogen-bond donors (Lipinski definition) is 1. The normalized spacial score (nSPS) is 12.1. The first kappa shape index (κ1) is 15.3. The Morgan fingerprint density at radius 2 is 1.96 bits per heavy atom. The van der Waals surface area contributed by atoms with Crippen LogP contribution in [0.25, 0.3) is 11.5 Å². The number of amides is 1. The van der Waals surface area contributed by atoms with E-state index in [0.29, 0.717) is 0 Å². The van der Waals surface area contributed by atoms with Gasteiger partial charge in [-0.25, -0.2) is 8.78 Å². The zero-order valence-corrected chi connectivity index (χ0v) is 12.7. The van der Waals surface area contributed by atoms with Crippen molar-refractivity contribution in [3.63, 3.8) is 0 Å². The number of carbonyl (C=O) groups is 1. The van der Waals surface area contributed by atoms with Crippen molar-refractivity contribution < 1.29 is 18.0 Å². The lowest BCUT2D eigenvalue weighted by Crippen LogP contribution is -2.26. The predicted octanol–water partition coefficient (Wildman–Crippen LogP) is 3.57. The van der Waals surface area contributed by atoms with Gasteiger partial charge in [0.2, 0.25) is 0 Å². The molecule has 0 spiro atoms. The molecule has 1 aromatic carbocycles. The van der Waals surface area contributed by atoms with Crippen LogP contribution >= 0.6 is 11.3 Å². The third kappa shape index (κ3) is 3.11. The van der Waals surface area contributed by atoms with Gasteiger partial charge in [0, 0.05) is 4.88 Å². The van der Waals surface area contributed by atoms with Crippen LogP contribution in [0.5, 0.6) is 0 Å². The summed E-state index contributed by atoms with van der Waals surface area (Å²) < 4.78 is 32.5. The maximum absolute atomic E-state index is 13.7. The molecule has 0 fully saturated rings. The molecule has 0 aliphatic carbocycles. The fourth-order valence-electron chi connectivity index (χ4n) is 1.99.